The van der Waals surface area contributed by atoms with Gasteiger partial charge in [-0.1, -0.05) is 30.3 Å². The van der Waals surface area contributed by atoms with Crippen molar-refractivity contribution in [3.8, 4) is 23.0 Å². The number of oxazole rings is 1. The van der Waals surface area contributed by atoms with Gasteiger partial charge >= 0.3 is 6.01 Å². The first kappa shape index (κ1) is 11.5. The third kappa shape index (κ3) is 2.08. The molecule has 0 unspecified atom stereocenters. The van der Waals surface area contributed by atoms with E-state index in [1.165, 1.54) is 0 Å². The zero-order valence-electron chi connectivity index (χ0n) is 10.5. The highest BCUT2D eigenvalue weighted by Crippen LogP contribution is 2.26. The molecule has 4 nitrogen and oxygen atoms in total. The second-order valence-corrected chi connectivity index (χ2v) is 3.98. The second kappa shape index (κ2) is 4.94. The molecule has 2 heterocycles. The van der Waals surface area contributed by atoms with Crippen molar-refractivity contribution in [2.24, 2.45) is 0 Å². The summed E-state index contributed by atoms with van der Waals surface area (Å²) in [6.07, 6.45) is 5.07. The molecule has 3 aromatic rings. The zero-order chi connectivity index (χ0) is 13.1. The number of aromatic nitrogens is 2. The average Bonchev–Trinajstić information content (AvgIpc) is 3.01. The lowest BCUT2D eigenvalue weighted by Gasteiger charge is -2.08. The molecule has 0 aliphatic rings. The van der Waals surface area contributed by atoms with Crippen molar-refractivity contribution in [2.45, 2.75) is 0 Å². The van der Waals surface area contributed by atoms with Gasteiger partial charge in [0.05, 0.1) is 7.11 Å². The molecule has 94 valence electrons. The molecule has 4 heteroatoms. The predicted octanol–water partition coefficient (Wildman–Crippen LogP) is 2.63. The van der Waals surface area contributed by atoms with Crippen LogP contribution in [-0.4, -0.2) is 12.1 Å². The van der Waals surface area contributed by atoms with Crippen LogP contribution in [0.4, 0.5) is 0 Å². The molecular weight excluding hydrogens is 240 g/mol. The van der Waals surface area contributed by atoms with Gasteiger partial charge in [0.25, 0.3) is 0 Å². The first-order valence-electron chi connectivity index (χ1n) is 5.94. The molecule has 0 fully saturated rings. The monoisotopic (exact) mass is 253 g/mol. The first-order chi connectivity index (χ1) is 9.40. The minimum Gasteiger partial charge on any atom is -0.492 e. The maximum absolute atomic E-state index is 5.45. The third-order valence-corrected chi connectivity index (χ3v) is 2.85. The van der Waals surface area contributed by atoms with Crippen molar-refractivity contribution >= 4 is 0 Å². The lowest BCUT2D eigenvalue weighted by atomic mass is 10.1. The van der Waals surface area contributed by atoms with Gasteiger partial charge in [-0.15, -0.1) is 0 Å². The fourth-order valence-corrected chi connectivity index (χ4v) is 2.03. The van der Waals surface area contributed by atoms with Crippen molar-refractivity contribution in [2.75, 3.05) is 7.11 Å². The van der Waals surface area contributed by atoms with Crippen LogP contribution in [-0.2, 0) is 0 Å². The minimum absolute atomic E-state index is 0.512. The Morgan fingerprint density at radius 3 is 2.63 bits per heavy atom. The highest BCUT2D eigenvalue weighted by molar-refractivity contribution is 5.63. The van der Waals surface area contributed by atoms with Crippen molar-refractivity contribution in [3.63, 3.8) is 0 Å². The molecule has 0 aliphatic heterocycles. The first-order valence-corrected chi connectivity index (χ1v) is 5.94. The van der Waals surface area contributed by atoms with E-state index in [2.05, 4.69) is 4.98 Å². The van der Waals surface area contributed by atoms with E-state index in [4.69, 9.17) is 9.15 Å². The number of methoxy groups -OCH3 is 1. The molecule has 0 saturated heterocycles. The van der Waals surface area contributed by atoms with E-state index in [1.54, 1.807) is 19.6 Å². The summed E-state index contributed by atoms with van der Waals surface area (Å²) < 4.78 is 12.7. The van der Waals surface area contributed by atoms with E-state index in [1.807, 2.05) is 53.2 Å². The van der Waals surface area contributed by atoms with Crippen LogP contribution < -0.4 is 9.30 Å². The van der Waals surface area contributed by atoms with E-state index in [0.29, 0.717) is 6.01 Å². The summed E-state index contributed by atoms with van der Waals surface area (Å²) in [5, 5.41) is 0. The van der Waals surface area contributed by atoms with Crippen LogP contribution in [0.5, 0.6) is 5.75 Å². The van der Waals surface area contributed by atoms with E-state index >= 15 is 0 Å². The number of rotatable bonds is 3. The van der Waals surface area contributed by atoms with E-state index in [0.717, 1.165) is 17.0 Å². The highest BCUT2D eigenvalue weighted by Gasteiger charge is 2.21. The van der Waals surface area contributed by atoms with Crippen molar-refractivity contribution in [1.29, 1.82) is 0 Å². The van der Waals surface area contributed by atoms with Gasteiger partial charge in [-0.3, -0.25) is 0 Å². The summed E-state index contributed by atoms with van der Waals surface area (Å²) in [7, 11) is 1.65. The van der Waals surface area contributed by atoms with E-state index < -0.39 is 0 Å². The molecule has 2 aromatic heterocycles. The number of nitrogens with zero attached hydrogens (tertiary/aromatic N) is 2. The van der Waals surface area contributed by atoms with Gasteiger partial charge in [0, 0.05) is 5.56 Å². The summed E-state index contributed by atoms with van der Waals surface area (Å²) in [5.41, 5.74) is 1.95. The van der Waals surface area contributed by atoms with Gasteiger partial charge in [-0.2, -0.15) is 4.57 Å². The molecule has 0 aliphatic carbocycles. The van der Waals surface area contributed by atoms with Crippen molar-refractivity contribution in [3.05, 3.63) is 61.1 Å². The van der Waals surface area contributed by atoms with Crippen molar-refractivity contribution in [1.82, 2.24) is 4.98 Å². The standard InChI is InChI=1S/C15H13N2O2/c1-18-13-8-5-10-17(15-16-9-11-19-15)14(13)12-6-3-2-4-7-12/h2-11H,1H3/q+1. The number of ether oxygens (including phenoxy) is 1. The van der Waals surface area contributed by atoms with E-state index in [9.17, 15) is 0 Å². The second-order valence-electron chi connectivity index (χ2n) is 3.98. The Hall–Kier alpha value is -2.62. The minimum atomic E-state index is 0.512. The number of hydrogen-bond acceptors (Lipinski definition) is 3. The fraction of sp³-hybridized carbons (Fsp3) is 0.0667. The van der Waals surface area contributed by atoms with Crippen LogP contribution in [0.2, 0.25) is 0 Å². The van der Waals surface area contributed by atoms with Gasteiger partial charge in [-0.05, 0) is 17.1 Å². The maximum atomic E-state index is 5.45. The summed E-state index contributed by atoms with van der Waals surface area (Å²) >= 11 is 0. The molecule has 0 bridgehead atoms. The van der Waals surface area contributed by atoms with Crippen LogP contribution in [0, 0.1) is 0 Å². The topological polar surface area (TPSA) is 39.1 Å². The van der Waals surface area contributed by atoms with Crippen LogP contribution >= 0.6 is 0 Å². The van der Waals surface area contributed by atoms with Crippen molar-refractivity contribution < 1.29 is 13.7 Å². The lowest BCUT2D eigenvalue weighted by Crippen LogP contribution is -2.33. The normalized spacial score (nSPS) is 10.4. The van der Waals surface area contributed by atoms with Gasteiger partial charge in [0.15, 0.2) is 17.6 Å². The van der Waals surface area contributed by atoms with Gasteiger partial charge in [-0.25, -0.2) is 0 Å². The Kier molecular flexibility index (Phi) is 2.98. The SMILES string of the molecule is COc1ccc[n+](-c2ncco2)c1-c1ccccc1. The lowest BCUT2D eigenvalue weighted by molar-refractivity contribution is -0.602. The summed E-state index contributed by atoms with van der Waals surface area (Å²) in [4.78, 5) is 4.19. The smallest absolute Gasteiger partial charge is 0.492 e. The third-order valence-electron chi connectivity index (χ3n) is 2.85. The number of hydrogen-bond donors (Lipinski definition) is 0. The molecule has 0 atom stereocenters. The zero-order valence-corrected chi connectivity index (χ0v) is 10.5. The summed E-state index contributed by atoms with van der Waals surface area (Å²) in [6, 6.07) is 14.3. The molecule has 0 N–H and O–H groups in total. The van der Waals surface area contributed by atoms with Crippen LogP contribution in [0.25, 0.3) is 17.3 Å². The quantitative estimate of drug-likeness (QED) is 0.673. The Bertz CT molecular complexity index is 664. The van der Waals surface area contributed by atoms with Crippen LogP contribution in [0.3, 0.4) is 0 Å². The summed E-state index contributed by atoms with van der Waals surface area (Å²) in [5.74, 6) is 0.770. The van der Waals surface area contributed by atoms with Crippen LogP contribution in [0.1, 0.15) is 0 Å². The number of pyridine rings is 1. The molecule has 0 radical (unpaired) electrons. The average molecular weight is 253 g/mol. The van der Waals surface area contributed by atoms with Gasteiger partial charge < -0.3 is 9.15 Å². The molecule has 3 rings (SSSR count). The Morgan fingerprint density at radius 2 is 1.95 bits per heavy atom. The van der Waals surface area contributed by atoms with Gasteiger partial charge in [0.1, 0.15) is 12.5 Å². The molecular formula is C15H13N2O2+. The Morgan fingerprint density at radius 1 is 1.11 bits per heavy atom. The van der Waals surface area contributed by atoms with Crippen LogP contribution in [0.15, 0.2) is 65.5 Å². The molecule has 1 aromatic carbocycles. The number of benzene rings is 1. The van der Waals surface area contributed by atoms with E-state index in [-0.39, 0.29) is 0 Å². The highest BCUT2D eigenvalue weighted by atomic mass is 16.5. The van der Waals surface area contributed by atoms with Gasteiger partial charge in [0.2, 0.25) is 0 Å². The fourth-order valence-electron chi connectivity index (χ4n) is 2.03. The molecule has 0 spiro atoms. The summed E-state index contributed by atoms with van der Waals surface area (Å²) in [6.45, 7) is 0. The Balaban J connectivity index is 2.26. The molecule has 0 amide bonds. The predicted molar refractivity (Wildman–Crippen MR) is 70.0 cm³/mol. The molecule has 0 saturated carbocycles. The largest absolute Gasteiger partial charge is 0.508 e. The maximum Gasteiger partial charge on any atom is 0.508 e. The molecule has 19 heavy (non-hydrogen) atoms. The Labute approximate surface area is 110 Å².